The van der Waals surface area contributed by atoms with Gasteiger partial charge in [0, 0.05) is 19.2 Å². The molecule has 7 heteroatoms. The molecule has 25 heavy (non-hydrogen) atoms. The van der Waals surface area contributed by atoms with Crippen LogP contribution in [0.1, 0.15) is 56.9 Å². The number of hydrogen-bond acceptors (Lipinski definition) is 7. The molecule has 136 valence electrons. The summed E-state index contributed by atoms with van der Waals surface area (Å²) in [6.07, 6.45) is 9.29. The van der Waals surface area contributed by atoms with Crippen LogP contribution >= 0.6 is 0 Å². The summed E-state index contributed by atoms with van der Waals surface area (Å²) in [6.45, 7) is 0. The molecule has 0 aromatic carbocycles. The van der Waals surface area contributed by atoms with Crippen molar-refractivity contribution in [1.29, 1.82) is 5.26 Å². The van der Waals surface area contributed by atoms with E-state index in [-0.39, 0.29) is 12.1 Å². The highest BCUT2D eigenvalue weighted by atomic mass is 16.5. The van der Waals surface area contributed by atoms with Crippen molar-refractivity contribution in [3.8, 4) is 6.07 Å². The molecule has 1 heterocycles. The predicted molar refractivity (Wildman–Crippen MR) is 95.3 cm³/mol. The first-order chi connectivity index (χ1) is 12.2. The number of nitriles is 1. The van der Waals surface area contributed by atoms with Crippen molar-refractivity contribution >= 4 is 11.8 Å². The zero-order valence-corrected chi connectivity index (χ0v) is 14.7. The lowest BCUT2D eigenvalue weighted by Gasteiger charge is -2.29. The van der Waals surface area contributed by atoms with Crippen molar-refractivity contribution in [3.63, 3.8) is 0 Å². The molecule has 0 saturated heterocycles. The number of aromatic nitrogens is 2. The number of anilines is 2. The van der Waals surface area contributed by atoms with Gasteiger partial charge in [-0.3, -0.25) is 0 Å². The highest BCUT2D eigenvalue weighted by Crippen LogP contribution is 2.25. The molecule has 0 amide bonds. The molecule has 0 spiro atoms. The Morgan fingerprint density at radius 1 is 1.16 bits per heavy atom. The average Bonchev–Trinajstić information content (AvgIpc) is 2.63. The molecule has 0 unspecified atom stereocenters. The Morgan fingerprint density at radius 2 is 1.96 bits per heavy atom. The molecule has 0 aliphatic heterocycles. The summed E-state index contributed by atoms with van der Waals surface area (Å²) in [4.78, 5) is 8.81. The second-order valence-electron chi connectivity index (χ2n) is 7.08. The van der Waals surface area contributed by atoms with Crippen LogP contribution in [0.25, 0.3) is 0 Å². The minimum atomic E-state index is -0.271. The second kappa shape index (κ2) is 8.45. The van der Waals surface area contributed by atoms with E-state index in [4.69, 9.17) is 4.74 Å². The third kappa shape index (κ3) is 4.80. The molecule has 0 bridgehead atoms. The van der Waals surface area contributed by atoms with Crippen LogP contribution in [-0.2, 0) is 4.74 Å². The Morgan fingerprint density at radius 3 is 2.64 bits per heavy atom. The largest absolute Gasteiger partial charge is 0.393 e. The summed E-state index contributed by atoms with van der Waals surface area (Å²) in [5.41, 5.74) is 0.439. The molecule has 2 aliphatic carbocycles. The van der Waals surface area contributed by atoms with Crippen molar-refractivity contribution in [2.24, 2.45) is 0 Å². The van der Waals surface area contributed by atoms with Gasteiger partial charge in [0.25, 0.3) is 0 Å². The minimum absolute atomic E-state index is 0.149. The predicted octanol–water partition coefficient (Wildman–Crippen LogP) is 2.43. The minimum Gasteiger partial charge on any atom is -0.393 e. The topological polar surface area (TPSA) is 103 Å². The van der Waals surface area contributed by atoms with Crippen LogP contribution in [0.15, 0.2) is 6.20 Å². The maximum absolute atomic E-state index is 9.84. The number of methoxy groups -OCH3 is 1. The van der Waals surface area contributed by atoms with Crippen LogP contribution in [-0.4, -0.2) is 46.5 Å². The van der Waals surface area contributed by atoms with E-state index in [1.165, 1.54) is 0 Å². The number of hydrogen-bond donors (Lipinski definition) is 3. The number of ether oxygens (including phenoxy) is 1. The fraction of sp³-hybridized carbons (Fsp3) is 0.722. The summed E-state index contributed by atoms with van der Waals surface area (Å²) in [5.74, 6) is 1.11. The summed E-state index contributed by atoms with van der Waals surface area (Å²) in [7, 11) is 1.77. The van der Waals surface area contributed by atoms with Gasteiger partial charge in [0.15, 0.2) is 0 Å². The van der Waals surface area contributed by atoms with E-state index < -0.39 is 0 Å². The molecule has 3 rings (SSSR count). The monoisotopic (exact) mass is 345 g/mol. The van der Waals surface area contributed by atoms with Crippen molar-refractivity contribution < 1.29 is 9.84 Å². The molecule has 0 radical (unpaired) electrons. The van der Waals surface area contributed by atoms with Crippen molar-refractivity contribution in [2.45, 2.75) is 75.7 Å². The van der Waals surface area contributed by atoms with Gasteiger partial charge in [-0.2, -0.15) is 10.2 Å². The van der Waals surface area contributed by atoms with Crippen LogP contribution in [0.2, 0.25) is 0 Å². The van der Waals surface area contributed by atoms with Crippen molar-refractivity contribution in [1.82, 2.24) is 9.97 Å². The lowest BCUT2D eigenvalue weighted by atomic mass is 9.93. The fourth-order valence-electron chi connectivity index (χ4n) is 3.76. The van der Waals surface area contributed by atoms with E-state index in [0.29, 0.717) is 35.9 Å². The van der Waals surface area contributed by atoms with Gasteiger partial charge in [0.2, 0.25) is 5.95 Å². The first-order valence-corrected chi connectivity index (χ1v) is 9.19. The van der Waals surface area contributed by atoms with E-state index in [1.54, 1.807) is 13.3 Å². The van der Waals surface area contributed by atoms with Gasteiger partial charge >= 0.3 is 0 Å². The van der Waals surface area contributed by atoms with E-state index in [9.17, 15) is 10.4 Å². The van der Waals surface area contributed by atoms with Gasteiger partial charge in [-0.1, -0.05) is 0 Å². The number of nitrogens with zero attached hydrogens (tertiary/aromatic N) is 3. The normalized spacial score (nSPS) is 29.6. The Hall–Kier alpha value is -1.91. The first kappa shape index (κ1) is 17.9. The number of nitrogens with one attached hydrogen (secondary N) is 2. The van der Waals surface area contributed by atoms with E-state index in [2.05, 4.69) is 26.7 Å². The van der Waals surface area contributed by atoms with Gasteiger partial charge in [0.05, 0.1) is 18.4 Å². The second-order valence-corrected chi connectivity index (χ2v) is 7.08. The van der Waals surface area contributed by atoms with Crippen molar-refractivity contribution in [2.75, 3.05) is 17.7 Å². The molecular formula is C18H27N5O2. The number of rotatable bonds is 5. The summed E-state index contributed by atoms with van der Waals surface area (Å²) in [6, 6.07) is 2.63. The fourth-order valence-corrected chi connectivity index (χ4v) is 3.76. The molecule has 2 aliphatic rings. The van der Waals surface area contributed by atoms with Gasteiger partial charge in [-0.05, 0) is 51.4 Å². The zero-order valence-electron chi connectivity index (χ0n) is 14.7. The van der Waals surface area contributed by atoms with Crippen LogP contribution in [0.4, 0.5) is 11.8 Å². The standard InChI is InChI=1S/C18H27N5O2/c1-25-16-7-5-13(6-8-16)22-18-20-11-12(10-19)17(23-18)21-14-3-2-4-15(24)9-14/h11,13-16,24H,2-9H2,1H3,(H2,20,21,22,23)/t13?,14-,15-,16?/m0/s1. The Bertz CT molecular complexity index is 610. The Labute approximate surface area is 148 Å². The molecule has 2 fully saturated rings. The van der Waals surface area contributed by atoms with Crippen LogP contribution in [0.5, 0.6) is 0 Å². The van der Waals surface area contributed by atoms with Gasteiger partial charge < -0.3 is 20.5 Å². The molecule has 3 N–H and O–H groups in total. The molecular weight excluding hydrogens is 318 g/mol. The Kier molecular flexibility index (Phi) is 6.05. The van der Waals surface area contributed by atoms with Crippen LogP contribution < -0.4 is 10.6 Å². The summed E-state index contributed by atoms with van der Waals surface area (Å²) < 4.78 is 5.41. The molecule has 1 aromatic heterocycles. The SMILES string of the molecule is COC1CCC(Nc2ncc(C#N)c(N[C@H]3CCC[C@H](O)C3)n2)CC1. The molecule has 1 aromatic rings. The highest BCUT2D eigenvalue weighted by molar-refractivity contribution is 5.54. The lowest BCUT2D eigenvalue weighted by molar-refractivity contribution is 0.0681. The number of aliphatic hydroxyl groups is 1. The van der Waals surface area contributed by atoms with Crippen LogP contribution in [0, 0.1) is 11.3 Å². The van der Waals surface area contributed by atoms with E-state index in [0.717, 1.165) is 44.9 Å². The van der Waals surface area contributed by atoms with Crippen LogP contribution in [0.3, 0.4) is 0 Å². The average molecular weight is 345 g/mol. The van der Waals surface area contributed by atoms with Crippen molar-refractivity contribution in [3.05, 3.63) is 11.8 Å². The molecule has 2 atom stereocenters. The zero-order chi connectivity index (χ0) is 17.6. The van der Waals surface area contributed by atoms with E-state index in [1.807, 2.05) is 0 Å². The molecule has 7 nitrogen and oxygen atoms in total. The Balaban J connectivity index is 1.64. The number of aliphatic hydroxyl groups excluding tert-OH is 1. The quantitative estimate of drug-likeness (QED) is 0.753. The molecule has 2 saturated carbocycles. The van der Waals surface area contributed by atoms with Gasteiger partial charge in [0.1, 0.15) is 17.5 Å². The third-order valence-corrected chi connectivity index (χ3v) is 5.24. The van der Waals surface area contributed by atoms with Gasteiger partial charge in [-0.15, -0.1) is 0 Å². The van der Waals surface area contributed by atoms with Gasteiger partial charge in [-0.25, -0.2) is 4.98 Å². The summed E-state index contributed by atoms with van der Waals surface area (Å²) >= 11 is 0. The smallest absolute Gasteiger partial charge is 0.224 e. The highest BCUT2D eigenvalue weighted by Gasteiger charge is 2.23. The third-order valence-electron chi connectivity index (χ3n) is 5.24. The maximum atomic E-state index is 9.84. The van der Waals surface area contributed by atoms with E-state index >= 15 is 0 Å². The first-order valence-electron chi connectivity index (χ1n) is 9.19. The lowest BCUT2D eigenvalue weighted by Crippen LogP contribution is -2.31. The summed E-state index contributed by atoms with van der Waals surface area (Å²) in [5, 5.41) is 25.9. The maximum Gasteiger partial charge on any atom is 0.224 e.